The highest BCUT2D eigenvalue weighted by molar-refractivity contribution is 5.80. The van der Waals surface area contributed by atoms with Gasteiger partial charge in [0.05, 0.1) is 5.54 Å². The molecule has 1 aromatic heterocycles. The highest BCUT2D eigenvalue weighted by atomic mass is 16.6. The molecular weight excluding hydrogens is 332 g/mol. The molecule has 7 heteroatoms. The van der Waals surface area contributed by atoms with Crippen LogP contribution in [0.2, 0.25) is 0 Å². The van der Waals surface area contributed by atoms with Crippen molar-refractivity contribution in [1.29, 1.82) is 0 Å². The minimum Gasteiger partial charge on any atom is -0.444 e. The Morgan fingerprint density at radius 3 is 2.62 bits per heavy atom. The first-order valence-corrected chi connectivity index (χ1v) is 9.37. The van der Waals surface area contributed by atoms with Gasteiger partial charge in [0.25, 0.3) is 0 Å². The predicted molar refractivity (Wildman–Crippen MR) is 97.6 cm³/mol. The van der Waals surface area contributed by atoms with E-state index in [1.54, 1.807) is 11.1 Å². The molecule has 2 aliphatic heterocycles. The number of carbonyl (C=O) groups excluding carboxylic acids is 2. The van der Waals surface area contributed by atoms with Crippen molar-refractivity contribution in [3.05, 3.63) is 18.0 Å². The summed E-state index contributed by atoms with van der Waals surface area (Å²) in [5, 5.41) is 4.28. The standard InChI is InChI=1S/C19H30N4O3/c1-18(2,3)26-17(25)21-10-11-22(19(4,5)13-21)16(24)14-7-9-23-15(12-14)6-8-20-23/h6,8,14H,7,9-13H2,1-5H3. The molecule has 1 atom stereocenters. The number of carbonyl (C=O) groups is 2. The fraction of sp³-hybridized carbons (Fsp3) is 0.737. The molecule has 1 aromatic rings. The van der Waals surface area contributed by atoms with Crippen LogP contribution in [0.3, 0.4) is 0 Å². The first-order chi connectivity index (χ1) is 12.1. The second-order valence-electron chi connectivity index (χ2n) is 8.94. The lowest BCUT2D eigenvalue weighted by atomic mass is 9.90. The number of aromatic nitrogens is 2. The topological polar surface area (TPSA) is 67.7 Å². The van der Waals surface area contributed by atoms with Crippen molar-refractivity contribution < 1.29 is 14.3 Å². The monoisotopic (exact) mass is 362 g/mol. The SMILES string of the molecule is CC(C)(C)OC(=O)N1CCN(C(=O)C2CCn3nccc3C2)C(C)(C)C1. The molecule has 0 spiro atoms. The van der Waals surface area contributed by atoms with Crippen LogP contribution in [0.5, 0.6) is 0 Å². The van der Waals surface area contributed by atoms with Crippen LogP contribution in [0.1, 0.15) is 46.7 Å². The van der Waals surface area contributed by atoms with E-state index in [-0.39, 0.29) is 17.9 Å². The minimum absolute atomic E-state index is 0.00782. The fourth-order valence-corrected chi connectivity index (χ4v) is 3.84. The van der Waals surface area contributed by atoms with Gasteiger partial charge in [-0.3, -0.25) is 9.48 Å². The minimum atomic E-state index is -0.515. The molecule has 0 radical (unpaired) electrons. The summed E-state index contributed by atoms with van der Waals surface area (Å²) in [5.74, 6) is 0.179. The molecular formula is C19H30N4O3. The third-order valence-electron chi connectivity index (χ3n) is 5.12. The number of hydrogen-bond acceptors (Lipinski definition) is 4. The maximum Gasteiger partial charge on any atom is 0.410 e. The molecule has 0 saturated carbocycles. The highest BCUT2D eigenvalue weighted by Gasteiger charge is 2.42. The summed E-state index contributed by atoms with van der Waals surface area (Å²) in [6, 6.07) is 1.99. The van der Waals surface area contributed by atoms with E-state index in [1.807, 2.05) is 50.3 Å². The number of ether oxygens (including phenoxy) is 1. The lowest BCUT2D eigenvalue weighted by Gasteiger charge is -2.48. The third-order valence-corrected chi connectivity index (χ3v) is 5.12. The van der Waals surface area contributed by atoms with Gasteiger partial charge in [-0.1, -0.05) is 0 Å². The van der Waals surface area contributed by atoms with Crippen molar-refractivity contribution >= 4 is 12.0 Å². The summed E-state index contributed by atoms with van der Waals surface area (Å²) in [6.45, 7) is 12.0. The Kier molecular flexibility index (Phi) is 4.75. The van der Waals surface area contributed by atoms with E-state index in [0.29, 0.717) is 19.6 Å². The molecule has 0 N–H and O–H groups in total. The molecule has 1 unspecified atom stereocenters. The van der Waals surface area contributed by atoms with Crippen molar-refractivity contribution in [2.24, 2.45) is 5.92 Å². The van der Waals surface area contributed by atoms with E-state index in [0.717, 1.165) is 25.1 Å². The second-order valence-corrected chi connectivity index (χ2v) is 8.94. The van der Waals surface area contributed by atoms with Crippen LogP contribution >= 0.6 is 0 Å². The maximum absolute atomic E-state index is 13.2. The Labute approximate surface area is 155 Å². The van der Waals surface area contributed by atoms with Gasteiger partial charge in [0.15, 0.2) is 0 Å². The largest absolute Gasteiger partial charge is 0.444 e. The fourth-order valence-electron chi connectivity index (χ4n) is 3.84. The molecule has 1 fully saturated rings. The molecule has 3 heterocycles. The van der Waals surface area contributed by atoms with E-state index < -0.39 is 11.1 Å². The molecule has 26 heavy (non-hydrogen) atoms. The van der Waals surface area contributed by atoms with Gasteiger partial charge in [-0.2, -0.15) is 5.10 Å². The molecule has 2 amide bonds. The van der Waals surface area contributed by atoms with E-state index in [9.17, 15) is 9.59 Å². The summed E-state index contributed by atoms with van der Waals surface area (Å²) in [7, 11) is 0. The van der Waals surface area contributed by atoms with Crippen LogP contribution in [0, 0.1) is 5.92 Å². The van der Waals surface area contributed by atoms with Gasteiger partial charge in [0.1, 0.15) is 5.60 Å². The molecule has 0 aromatic carbocycles. The molecule has 3 rings (SSSR count). The van der Waals surface area contributed by atoms with E-state index in [1.165, 1.54) is 0 Å². The highest BCUT2D eigenvalue weighted by Crippen LogP contribution is 2.28. The summed E-state index contributed by atoms with van der Waals surface area (Å²) in [4.78, 5) is 29.2. The summed E-state index contributed by atoms with van der Waals surface area (Å²) >= 11 is 0. The van der Waals surface area contributed by atoms with Gasteiger partial charge in [-0.15, -0.1) is 0 Å². The summed E-state index contributed by atoms with van der Waals surface area (Å²) in [5.41, 5.74) is 0.197. The van der Waals surface area contributed by atoms with Crippen LogP contribution in [0.15, 0.2) is 12.3 Å². The van der Waals surface area contributed by atoms with Crippen LogP contribution in [-0.2, 0) is 22.5 Å². The van der Waals surface area contributed by atoms with E-state index in [4.69, 9.17) is 4.74 Å². The maximum atomic E-state index is 13.2. The number of piperazine rings is 1. The van der Waals surface area contributed by atoms with E-state index in [2.05, 4.69) is 5.10 Å². The Morgan fingerprint density at radius 1 is 1.23 bits per heavy atom. The predicted octanol–water partition coefficient (Wildman–Crippen LogP) is 2.30. The average molecular weight is 362 g/mol. The number of hydrogen-bond donors (Lipinski definition) is 0. The Morgan fingerprint density at radius 2 is 1.96 bits per heavy atom. The van der Waals surface area contributed by atoms with Crippen molar-refractivity contribution in [3.8, 4) is 0 Å². The average Bonchev–Trinajstić information content (AvgIpc) is 2.99. The zero-order chi connectivity index (χ0) is 19.1. The quantitative estimate of drug-likeness (QED) is 0.769. The number of aryl methyl sites for hydroxylation is 1. The Bertz CT molecular complexity index is 689. The first-order valence-electron chi connectivity index (χ1n) is 9.37. The van der Waals surface area contributed by atoms with Crippen LogP contribution in [0.25, 0.3) is 0 Å². The van der Waals surface area contributed by atoms with Crippen molar-refractivity contribution in [3.63, 3.8) is 0 Å². The van der Waals surface area contributed by atoms with E-state index >= 15 is 0 Å². The number of nitrogens with zero attached hydrogens (tertiary/aromatic N) is 4. The van der Waals surface area contributed by atoms with Gasteiger partial charge in [0.2, 0.25) is 5.91 Å². The molecule has 0 aliphatic carbocycles. The molecule has 7 nitrogen and oxygen atoms in total. The molecule has 144 valence electrons. The second kappa shape index (κ2) is 6.59. The third kappa shape index (κ3) is 3.86. The van der Waals surface area contributed by atoms with Gasteiger partial charge >= 0.3 is 6.09 Å². The van der Waals surface area contributed by atoms with Crippen molar-refractivity contribution in [2.75, 3.05) is 19.6 Å². The zero-order valence-electron chi connectivity index (χ0n) is 16.5. The number of amides is 2. The zero-order valence-corrected chi connectivity index (χ0v) is 16.5. The van der Waals surface area contributed by atoms with Crippen LogP contribution in [-0.4, -0.2) is 62.4 Å². The summed E-state index contributed by atoms with van der Waals surface area (Å²) in [6.07, 6.45) is 3.04. The van der Waals surface area contributed by atoms with Crippen LogP contribution < -0.4 is 0 Å². The number of rotatable bonds is 1. The molecule has 0 bridgehead atoms. The first kappa shape index (κ1) is 18.7. The Balaban J connectivity index is 1.65. The van der Waals surface area contributed by atoms with Crippen molar-refractivity contribution in [1.82, 2.24) is 19.6 Å². The number of fused-ring (bicyclic) bond motifs is 1. The summed E-state index contributed by atoms with van der Waals surface area (Å²) < 4.78 is 7.47. The lowest BCUT2D eigenvalue weighted by Crippen LogP contribution is -2.63. The van der Waals surface area contributed by atoms with Gasteiger partial charge in [0, 0.05) is 50.4 Å². The normalized spacial score (nSPS) is 22.7. The smallest absolute Gasteiger partial charge is 0.410 e. The van der Waals surface area contributed by atoms with Gasteiger partial charge in [-0.25, -0.2) is 4.79 Å². The lowest BCUT2D eigenvalue weighted by molar-refractivity contribution is -0.145. The van der Waals surface area contributed by atoms with Gasteiger partial charge < -0.3 is 14.5 Å². The molecule has 1 saturated heterocycles. The van der Waals surface area contributed by atoms with Gasteiger partial charge in [-0.05, 0) is 47.1 Å². The van der Waals surface area contributed by atoms with Crippen molar-refractivity contribution in [2.45, 2.75) is 65.1 Å². The Hall–Kier alpha value is -2.05. The van der Waals surface area contributed by atoms with Crippen LogP contribution in [0.4, 0.5) is 4.79 Å². The molecule has 2 aliphatic rings.